The number of rotatable bonds is 4. The van der Waals surface area contributed by atoms with Gasteiger partial charge >= 0.3 is 0 Å². The SMILES string of the molecule is O=[N+]([O-])c1ccc(Nc2ccc(N3CC4CC(C3)N4)nn2)cc1. The zero-order valence-electron chi connectivity index (χ0n) is 12.3. The van der Waals surface area contributed by atoms with Crippen LogP contribution in [0, 0.1) is 10.1 Å². The van der Waals surface area contributed by atoms with E-state index >= 15 is 0 Å². The van der Waals surface area contributed by atoms with E-state index < -0.39 is 4.92 Å². The number of benzene rings is 1. The lowest BCUT2D eigenvalue weighted by atomic mass is 9.91. The summed E-state index contributed by atoms with van der Waals surface area (Å²) in [6, 6.07) is 11.2. The Labute approximate surface area is 132 Å². The highest BCUT2D eigenvalue weighted by Crippen LogP contribution is 2.25. The van der Waals surface area contributed by atoms with Crippen molar-refractivity contribution in [2.24, 2.45) is 0 Å². The van der Waals surface area contributed by atoms with Crippen LogP contribution in [0.15, 0.2) is 36.4 Å². The molecule has 0 radical (unpaired) electrons. The molecule has 3 saturated heterocycles. The summed E-state index contributed by atoms with van der Waals surface area (Å²) in [6.07, 6.45) is 1.25. The fraction of sp³-hybridized carbons (Fsp3) is 0.333. The van der Waals surface area contributed by atoms with Crippen molar-refractivity contribution in [3.05, 3.63) is 46.5 Å². The molecule has 1 aromatic heterocycles. The summed E-state index contributed by atoms with van der Waals surface area (Å²) in [6.45, 7) is 1.95. The maximum atomic E-state index is 10.6. The maximum Gasteiger partial charge on any atom is 0.269 e. The molecule has 8 heteroatoms. The van der Waals surface area contributed by atoms with Crippen LogP contribution >= 0.6 is 0 Å². The van der Waals surface area contributed by atoms with E-state index in [0.29, 0.717) is 17.9 Å². The number of piperazine rings is 1. The largest absolute Gasteiger partial charge is 0.352 e. The lowest BCUT2D eigenvalue weighted by molar-refractivity contribution is -0.384. The summed E-state index contributed by atoms with van der Waals surface area (Å²) in [4.78, 5) is 12.5. The Morgan fingerprint density at radius 2 is 1.83 bits per heavy atom. The minimum atomic E-state index is -0.420. The molecular weight excluding hydrogens is 296 g/mol. The van der Waals surface area contributed by atoms with Crippen LogP contribution in [0.3, 0.4) is 0 Å². The number of fused-ring (bicyclic) bond motifs is 2. The van der Waals surface area contributed by atoms with Crippen molar-refractivity contribution >= 4 is 23.0 Å². The second-order valence-corrected chi connectivity index (χ2v) is 5.91. The minimum absolute atomic E-state index is 0.0641. The first kappa shape index (κ1) is 13.9. The highest BCUT2D eigenvalue weighted by atomic mass is 16.6. The molecule has 118 valence electrons. The van der Waals surface area contributed by atoms with E-state index in [9.17, 15) is 10.1 Å². The molecule has 23 heavy (non-hydrogen) atoms. The Morgan fingerprint density at radius 1 is 1.13 bits per heavy atom. The van der Waals surface area contributed by atoms with Crippen molar-refractivity contribution < 1.29 is 4.92 Å². The highest BCUT2D eigenvalue weighted by molar-refractivity contribution is 5.58. The van der Waals surface area contributed by atoms with E-state index in [2.05, 4.69) is 25.7 Å². The van der Waals surface area contributed by atoms with Crippen LogP contribution in [0.4, 0.5) is 23.0 Å². The third-order valence-corrected chi connectivity index (χ3v) is 4.25. The normalized spacial score (nSPS) is 22.3. The monoisotopic (exact) mass is 312 g/mol. The molecule has 2 N–H and O–H groups in total. The molecule has 2 atom stereocenters. The predicted octanol–water partition coefficient (Wildman–Crippen LogP) is 1.68. The number of nitrogens with zero attached hydrogens (tertiary/aromatic N) is 4. The van der Waals surface area contributed by atoms with Crippen molar-refractivity contribution in [2.75, 3.05) is 23.3 Å². The zero-order chi connectivity index (χ0) is 15.8. The Hall–Kier alpha value is -2.74. The average Bonchev–Trinajstić information content (AvgIpc) is 2.55. The fourth-order valence-corrected chi connectivity index (χ4v) is 3.08. The molecule has 3 fully saturated rings. The fourth-order valence-electron chi connectivity index (χ4n) is 3.08. The second kappa shape index (κ2) is 5.47. The molecule has 3 aliphatic rings. The van der Waals surface area contributed by atoms with Gasteiger partial charge in [-0.15, -0.1) is 10.2 Å². The number of piperidine rings is 1. The number of anilines is 3. The average molecular weight is 312 g/mol. The van der Waals surface area contributed by atoms with Crippen LogP contribution in [-0.4, -0.2) is 40.3 Å². The zero-order valence-corrected chi connectivity index (χ0v) is 12.3. The standard InChI is InChI=1S/C15H16N6O2/c22-21(23)13-3-1-10(2-4-13)17-14-5-6-15(19-18-14)20-8-11-7-12(9-20)16-11/h1-6,11-12,16H,7-9H2,(H,17,18). The molecule has 2 aromatic rings. The van der Waals surface area contributed by atoms with Gasteiger partial charge in [-0.05, 0) is 30.7 Å². The van der Waals surface area contributed by atoms with Crippen molar-refractivity contribution in [1.29, 1.82) is 0 Å². The Kier molecular flexibility index (Phi) is 3.30. The quantitative estimate of drug-likeness (QED) is 0.655. The summed E-state index contributed by atoms with van der Waals surface area (Å²) in [5.74, 6) is 1.50. The van der Waals surface area contributed by atoms with Gasteiger partial charge < -0.3 is 15.5 Å². The number of hydrogen-bond acceptors (Lipinski definition) is 7. The summed E-state index contributed by atoms with van der Waals surface area (Å²) in [5, 5.41) is 25.7. The molecule has 2 bridgehead atoms. The van der Waals surface area contributed by atoms with Gasteiger partial charge in [-0.3, -0.25) is 10.1 Å². The third-order valence-electron chi connectivity index (χ3n) is 4.25. The van der Waals surface area contributed by atoms with Crippen molar-refractivity contribution in [2.45, 2.75) is 18.5 Å². The van der Waals surface area contributed by atoms with Gasteiger partial charge in [-0.1, -0.05) is 0 Å². The molecule has 4 heterocycles. The number of aromatic nitrogens is 2. The van der Waals surface area contributed by atoms with Crippen LogP contribution in [0.1, 0.15) is 6.42 Å². The molecule has 8 nitrogen and oxygen atoms in total. The first-order chi connectivity index (χ1) is 11.2. The summed E-state index contributed by atoms with van der Waals surface area (Å²) >= 11 is 0. The van der Waals surface area contributed by atoms with Crippen LogP contribution in [-0.2, 0) is 0 Å². The molecule has 0 saturated carbocycles. The van der Waals surface area contributed by atoms with E-state index in [1.54, 1.807) is 12.1 Å². The number of nitrogens with one attached hydrogen (secondary N) is 2. The van der Waals surface area contributed by atoms with Gasteiger partial charge in [0.05, 0.1) is 4.92 Å². The van der Waals surface area contributed by atoms with Gasteiger partial charge in [0.2, 0.25) is 0 Å². The summed E-state index contributed by atoms with van der Waals surface area (Å²) in [5.41, 5.74) is 0.801. The third kappa shape index (κ3) is 2.80. The Morgan fingerprint density at radius 3 is 2.39 bits per heavy atom. The summed E-state index contributed by atoms with van der Waals surface area (Å²) < 4.78 is 0. The van der Waals surface area contributed by atoms with Crippen molar-refractivity contribution in [3.63, 3.8) is 0 Å². The Bertz CT molecular complexity index is 702. The van der Waals surface area contributed by atoms with Gasteiger partial charge in [-0.25, -0.2) is 0 Å². The van der Waals surface area contributed by atoms with E-state index in [4.69, 9.17) is 0 Å². The van der Waals surface area contributed by atoms with E-state index in [1.165, 1.54) is 18.6 Å². The maximum absolute atomic E-state index is 10.6. The van der Waals surface area contributed by atoms with Crippen molar-refractivity contribution in [3.8, 4) is 0 Å². The topological polar surface area (TPSA) is 96.2 Å². The van der Waals surface area contributed by atoms with Crippen LogP contribution in [0.25, 0.3) is 0 Å². The molecular formula is C15H16N6O2. The van der Waals surface area contributed by atoms with Crippen LogP contribution < -0.4 is 15.5 Å². The summed E-state index contributed by atoms with van der Waals surface area (Å²) in [7, 11) is 0. The first-order valence-corrected chi connectivity index (χ1v) is 7.53. The molecule has 0 spiro atoms. The van der Waals surface area contributed by atoms with Gasteiger partial charge in [-0.2, -0.15) is 0 Å². The van der Waals surface area contributed by atoms with Gasteiger partial charge in [0.25, 0.3) is 5.69 Å². The van der Waals surface area contributed by atoms with Gasteiger partial charge in [0.1, 0.15) is 0 Å². The second-order valence-electron chi connectivity index (χ2n) is 5.91. The molecule has 0 amide bonds. The van der Waals surface area contributed by atoms with Crippen LogP contribution in [0.2, 0.25) is 0 Å². The van der Waals surface area contributed by atoms with Crippen LogP contribution in [0.5, 0.6) is 0 Å². The number of non-ortho nitro benzene ring substituents is 1. The molecule has 2 unspecified atom stereocenters. The molecule has 3 aliphatic heterocycles. The number of nitro groups is 1. The van der Waals surface area contributed by atoms with Gasteiger partial charge in [0.15, 0.2) is 11.6 Å². The number of hydrogen-bond donors (Lipinski definition) is 2. The Balaban J connectivity index is 1.42. The van der Waals surface area contributed by atoms with Gasteiger partial charge in [0, 0.05) is 43.0 Å². The van der Waals surface area contributed by atoms with E-state index in [0.717, 1.165) is 24.6 Å². The molecule has 0 aliphatic carbocycles. The van der Waals surface area contributed by atoms with Crippen molar-refractivity contribution in [1.82, 2.24) is 15.5 Å². The van der Waals surface area contributed by atoms with E-state index in [1.807, 2.05) is 12.1 Å². The minimum Gasteiger partial charge on any atom is -0.352 e. The van der Waals surface area contributed by atoms with E-state index in [-0.39, 0.29) is 5.69 Å². The smallest absolute Gasteiger partial charge is 0.269 e. The number of nitro benzene ring substituents is 1. The predicted molar refractivity (Wildman–Crippen MR) is 86.0 cm³/mol. The molecule has 5 rings (SSSR count). The first-order valence-electron chi connectivity index (χ1n) is 7.53. The lowest BCUT2D eigenvalue weighted by Crippen LogP contribution is -2.67. The lowest BCUT2D eigenvalue weighted by Gasteiger charge is -2.48. The highest BCUT2D eigenvalue weighted by Gasteiger charge is 2.36. The molecule has 1 aromatic carbocycles.